The van der Waals surface area contributed by atoms with Crippen LogP contribution in [0.1, 0.15) is 111 Å². The largest absolute Gasteiger partial charge is 0.0622 e. The maximum Gasteiger partial charge on any atom is -0.0352 e. The Balaban J connectivity index is 1.26. The second-order valence-corrected chi connectivity index (χ2v) is 13.2. The van der Waals surface area contributed by atoms with Crippen molar-refractivity contribution >= 4 is 0 Å². The molecule has 0 amide bonds. The standard InChI is InChI=1S/C29H50/c1-18-13-23-9-10-25(28(23)15-20(18)3)17-22-7-5-6-8-26(22)27-12-11-24-14-19(2)21(4)16-29(24)27/h18-29H,5-17H2,1-4H3. The van der Waals surface area contributed by atoms with Gasteiger partial charge in [-0.1, -0.05) is 47.0 Å². The predicted molar refractivity (Wildman–Crippen MR) is 125 cm³/mol. The highest BCUT2D eigenvalue weighted by molar-refractivity contribution is 4.98. The van der Waals surface area contributed by atoms with Crippen LogP contribution in [-0.2, 0) is 0 Å². The zero-order valence-corrected chi connectivity index (χ0v) is 20.1. The SMILES string of the molecule is CC1CC2CCC(CC3CCCCC3C3CCC4CC(C)C(C)CC43)C2CC1C. The molecule has 5 aliphatic carbocycles. The second kappa shape index (κ2) is 8.50. The number of hydrogen-bond acceptors (Lipinski definition) is 0. The lowest BCUT2D eigenvalue weighted by Crippen LogP contribution is -2.36. The molecule has 0 aliphatic heterocycles. The first-order chi connectivity index (χ1) is 14.0. The summed E-state index contributed by atoms with van der Waals surface area (Å²) < 4.78 is 0. The predicted octanol–water partition coefficient (Wildman–Crippen LogP) is 8.60. The highest BCUT2D eigenvalue weighted by Crippen LogP contribution is 2.57. The molecule has 12 atom stereocenters. The van der Waals surface area contributed by atoms with Crippen molar-refractivity contribution in [1.29, 1.82) is 0 Å². The molecule has 0 bridgehead atoms. The highest BCUT2D eigenvalue weighted by Gasteiger charge is 2.48. The molecular weight excluding hydrogens is 348 g/mol. The Morgan fingerprint density at radius 2 is 1.00 bits per heavy atom. The number of hydrogen-bond donors (Lipinski definition) is 0. The molecule has 5 aliphatic rings. The number of rotatable bonds is 3. The second-order valence-electron chi connectivity index (χ2n) is 13.2. The van der Waals surface area contributed by atoms with Gasteiger partial charge in [0.1, 0.15) is 0 Å². The van der Waals surface area contributed by atoms with Crippen molar-refractivity contribution in [3.8, 4) is 0 Å². The van der Waals surface area contributed by atoms with Crippen LogP contribution in [0.2, 0.25) is 0 Å². The summed E-state index contributed by atoms with van der Waals surface area (Å²) in [5, 5.41) is 0. The first-order valence-corrected chi connectivity index (χ1v) is 14.0. The summed E-state index contributed by atoms with van der Waals surface area (Å²) in [5.74, 6) is 12.8. The van der Waals surface area contributed by atoms with Gasteiger partial charge in [-0.2, -0.15) is 0 Å². The van der Waals surface area contributed by atoms with Gasteiger partial charge in [0.25, 0.3) is 0 Å². The molecule has 0 heterocycles. The van der Waals surface area contributed by atoms with Gasteiger partial charge in [0.15, 0.2) is 0 Å². The van der Waals surface area contributed by atoms with Crippen molar-refractivity contribution < 1.29 is 0 Å². The molecule has 0 aromatic carbocycles. The smallest absolute Gasteiger partial charge is 0.0352 e. The minimum atomic E-state index is 0.986. The zero-order valence-electron chi connectivity index (χ0n) is 20.1. The molecule has 29 heavy (non-hydrogen) atoms. The van der Waals surface area contributed by atoms with Crippen molar-refractivity contribution in [2.75, 3.05) is 0 Å². The first kappa shape index (κ1) is 20.9. The Kier molecular flexibility index (Phi) is 6.12. The minimum Gasteiger partial charge on any atom is -0.0622 e. The lowest BCUT2D eigenvalue weighted by molar-refractivity contribution is 0.0509. The summed E-state index contributed by atoms with van der Waals surface area (Å²) in [6, 6.07) is 0. The molecule has 0 saturated heterocycles. The molecule has 0 heteroatoms. The summed E-state index contributed by atoms with van der Waals surface area (Å²) in [6.45, 7) is 10.2. The van der Waals surface area contributed by atoms with Crippen LogP contribution >= 0.6 is 0 Å². The molecule has 0 aromatic rings. The van der Waals surface area contributed by atoms with E-state index < -0.39 is 0 Å². The molecule has 0 aromatic heterocycles. The average Bonchev–Trinajstić information content (AvgIpc) is 3.27. The van der Waals surface area contributed by atoms with E-state index in [2.05, 4.69) is 27.7 Å². The van der Waals surface area contributed by atoms with Crippen LogP contribution in [0.4, 0.5) is 0 Å². The normalized spacial score (nSPS) is 55.4. The van der Waals surface area contributed by atoms with Crippen molar-refractivity contribution in [3.05, 3.63) is 0 Å². The highest BCUT2D eigenvalue weighted by atomic mass is 14.5. The summed E-state index contributed by atoms with van der Waals surface area (Å²) in [5.41, 5.74) is 0. The molecule has 5 fully saturated rings. The third-order valence-corrected chi connectivity index (χ3v) is 11.8. The molecule has 0 radical (unpaired) electrons. The maximum absolute atomic E-state index is 2.57. The van der Waals surface area contributed by atoms with E-state index >= 15 is 0 Å². The van der Waals surface area contributed by atoms with E-state index in [1.54, 1.807) is 83.5 Å². The quantitative estimate of drug-likeness (QED) is 0.446. The lowest BCUT2D eigenvalue weighted by atomic mass is 9.61. The molecule has 0 nitrogen and oxygen atoms in total. The van der Waals surface area contributed by atoms with E-state index in [1.807, 2.05) is 0 Å². The van der Waals surface area contributed by atoms with Gasteiger partial charge in [0, 0.05) is 0 Å². The fourth-order valence-corrected chi connectivity index (χ4v) is 9.81. The van der Waals surface area contributed by atoms with Crippen LogP contribution in [0.3, 0.4) is 0 Å². The Morgan fingerprint density at radius 3 is 1.76 bits per heavy atom. The van der Waals surface area contributed by atoms with Gasteiger partial charge in [0.05, 0.1) is 0 Å². The van der Waals surface area contributed by atoms with Crippen LogP contribution in [0, 0.1) is 71.0 Å². The fraction of sp³-hybridized carbons (Fsp3) is 1.00. The van der Waals surface area contributed by atoms with Gasteiger partial charge < -0.3 is 0 Å². The Hall–Kier alpha value is 0. The molecule has 5 saturated carbocycles. The number of fused-ring (bicyclic) bond motifs is 2. The van der Waals surface area contributed by atoms with Gasteiger partial charge in [-0.25, -0.2) is 0 Å². The Labute approximate surface area is 182 Å². The summed E-state index contributed by atoms with van der Waals surface area (Å²) in [4.78, 5) is 0. The molecular formula is C29H50. The first-order valence-electron chi connectivity index (χ1n) is 14.0. The van der Waals surface area contributed by atoms with Gasteiger partial charge in [-0.15, -0.1) is 0 Å². The van der Waals surface area contributed by atoms with Crippen molar-refractivity contribution in [2.45, 2.75) is 111 Å². The fourth-order valence-electron chi connectivity index (χ4n) is 9.81. The summed E-state index contributed by atoms with van der Waals surface area (Å²) in [6.07, 6.45) is 20.5. The van der Waals surface area contributed by atoms with E-state index in [9.17, 15) is 0 Å². The van der Waals surface area contributed by atoms with Gasteiger partial charge in [-0.3, -0.25) is 0 Å². The monoisotopic (exact) mass is 398 g/mol. The topological polar surface area (TPSA) is 0 Å². The molecule has 5 rings (SSSR count). The van der Waals surface area contributed by atoms with Crippen LogP contribution < -0.4 is 0 Å². The van der Waals surface area contributed by atoms with Gasteiger partial charge in [-0.05, 0) is 135 Å². The van der Waals surface area contributed by atoms with E-state index in [4.69, 9.17) is 0 Å². The van der Waals surface area contributed by atoms with E-state index in [-0.39, 0.29) is 0 Å². The van der Waals surface area contributed by atoms with E-state index in [1.165, 1.54) is 0 Å². The average molecular weight is 399 g/mol. The molecule has 0 N–H and O–H groups in total. The Bertz CT molecular complexity index is 550. The third kappa shape index (κ3) is 3.98. The van der Waals surface area contributed by atoms with Gasteiger partial charge in [0.2, 0.25) is 0 Å². The maximum atomic E-state index is 2.57. The van der Waals surface area contributed by atoms with Gasteiger partial charge >= 0.3 is 0 Å². The molecule has 12 unspecified atom stereocenters. The summed E-state index contributed by atoms with van der Waals surface area (Å²) in [7, 11) is 0. The molecule has 166 valence electrons. The van der Waals surface area contributed by atoms with Crippen molar-refractivity contribution in [2.24, 2.45) is 71.0 Å². The van der Waals surface area contributed by atoms with E-state index in [0.29, 0.717) is 0 Å². The van der Waals surface area contributed by atoms with Crippen LogP contribution in [0.15, 0.2) is 0 Å². The van der Waals surface area contributed by atoms with Crippen molar-refractivity contribution in [1.82, 2.24) is 0 Å². The van der Waals surface area contributed by atoms with Crippen LogP contribution in [0.25, 0.3) is 0 Å². The van der Waals surface area contributed by atoms with Crippen molar-refractivity contribution in [3.63, 3.8) is 0 Å². The third-order valence-electron chi connectivity index (χ3n) is 11.8. The zero-order chi connectivity index (χ0) is 20.1. The minimum absolute atomic E-state index is 0.986. The summed E-state index contributed by atoms with van der Waals surface area (Å²) >= 11 is 0. The Morgan fingerprint density at radius 1 is 0.448 bits per heavy atom. The lowest BCUT2D eigenvalue weighted by Gasteiger charge is -2.44. The molecule has 0 spiro atoms. The van der Waals surface area contributed by atoms with E-state index in [0.717, 1.165) is 71.0 Å². The van der Waals surface area contributed by atoms with Crippen LogP contribution in [0.5, 0.6) is 0 Å². The van der Waals surface area contributed by atoms with Crippen LogP contribution in [-0.4, -0.2) is 0 Å².